The summed E-state index contributed by atoms with van der Waals surface area (Å²) in [5.74, 6) is 2.85. The Morgan fingerprint density at radius 1 is 1.24 bits per heavy atom. The molecule has 0 unspecified atom stereocenters. The van der Waals surface area contributed by atoms with Crippen molar-refractivity contribution in [2.75, 3.05) is 23.7 Å². The van der Waals surface area contributed by atoms with Gasteiger partial charge in [-0.15, -0.1) is 11.3 Å². The number of rotatable bonds is 8. The fourth-order valence-corrected chi connectivity index (χ4v) is 3.81. The van der Waals surface area contributed by atoms with Gasteiger partial charge < -0.3 is 20.7 Å². The predicted octanol–water partition coefficient (Wildman–Crippen LogP) is 4.44. The number of aromatic nitrogens is 3. The van der Waals surface area contributed by atoms with E-state index in [1.165, 1.54) is 24.1 Å². The van der Waals surface area contributed by atoms with Crippen LogP contribution in [-0.2, 0) is 11.2 Å². The summed E-state index contributed by atoms with van der Waals surface area (Å²) in [5.41, 5.74) is -0.505. The smallest absolute Gasteiger partial charge is 0.407 e. The van der Waals surface area contributed by atoms with Crippen LogP contribution in [0.3, 0.4) is 0 Å². The molecule has 9 heteroatoms. The normalized spacial score (nSPS) is 14.2. The fraction of sp³-hybridized carbons (Fsp3) is 0.600. The number of carbonyl (C=O) groups excluding carboxylic acids is 1. The van der Waals surface area contributed by atoms with Gasteiger partial charge >= 0.3 is 6.09 Å². The number of anilines is 3. The van der Waals surface area contributed by atoms with Gasteiger partial charge in [0, 0.05) is 36.7 Å². The lowest BCUT2D eigenvalue weighted by Crippen LogP contribution is -2.35. The Labute approximate surface area is 175 Å². The fourth-order valence-electron chi connectivity index (χ4n) is 2.81. The van der Waals surface area contributed by atoms with Crippen molar-refractivity contribution in [3.63, 3.8) is 0 Å². The topological polar surface area (TPSA) is 101 Å². The molecule has 29 heavy (non-hydrogen) atoms. The summed E-state index contributed by atoms with van der Waals surface area (Å²) >= 11 is 1.70. The van der Waals surface area contributed by atoms with Gasteiger partial charge in [0.2, 0.25) is 0 Å². The monoisotopic (exact) mass is 418 g/mol. The standard InChI is InChI=1S/C20H30N6O2S/c1-5-15-24-16(21-9-10-22-19(27)28-20(2,3)4)11-17(25-15)26-18-23-12-14(29-18)13-7-6-8-13/h11-13H,5-10H2,1-4H3,(H,22,27)(H2,21,23,24,25,26). The first kappa shape index (κ1) is 21.3. The quantitative estimate of drug-likeness (QED) is 0.545. The summed E-state index contributed by atoms with van der Waals surface area (Å²) in [4.78, 5) is 26.6. The van der Waals surface area contributed by atoms with Gasteiger partial charge in [-0.1, -0.05) is 13.3 Å². The number of thiazole rings is 1. The molecule has 1 amide bonds. The number of ether oxygens (including phenoxy) is 1. The molecule has 2 aromatic rings. The van der Waals surface area contributed by atoms with Gasteiger partial charge in [0.1, 0.15) is 23.1 Å². The average molecular weight is 419 g/mol. The molecule has 3 rings (SSSR count). The molecule has 3 N–H and O–H groups in total. The molecule has 0 radical (unpaired) electrons. The van der Waals surface area contributed by atoms with Gasteiger partial charge in [0.25, 0.3) is 0 Å². The highest BCUT2D eigenvalue weighted by atomic mass is 32.1. The van der Waals surface area contributed by atoms with Crippen molar-refractivity contribution in [3.05, 3.63) is 23.0 Å². The van der Waals surface area contributed by atoms with Crippen molar-refractivity contribution in [1.29, 1.82) is 0 Å². The van der Waals surface area contributed by atoms with Gasteiger partial charge in [0.05, 0.1) is 0 Å². The second kappa shape index (κ2) is 9.39. The van der Waals surface area contributed by atoms with Crippen molar-refractivity contribution >= 4 is 34.2 Å². The molecule has 0 saturated heterocycles. The van der Waals surface area contributed by atoms with Crippen molar-refractivity contribution in [2.45, 2.75) is 64.9 Å². The molecule has 0 spiro atoms. The highest BCUT2D eigenvalue weighted by molar-refractivity contribution is 7.15. The molecular weight excluding hydrogens is 388 g/mol. The van der Waals surface area contributed by atoms with Crippen LogP contribution >= 0.6 is 11.3 Å². The predicted molar refractivity (Wildman–Crippen MR) is 116 cm³/mol. The van der Waals surface area contributed by atoms with Crippen LogP contribution in [0.1, 0.15) is 63.6 Å². The minimum Gasteiger partial charge on any atom is -0.444 e. The lowest BCUT2D eigenvalue weighted by atomic mass is 9.85. The molecular formula is C20H30N6O2S. The van der Waals surface area contributed by atoms with E-state index >= 15 is 0 Å². The Morgan fingerprint density at radius 3 is 2.66 bits per heavy atom. The summed E-state index contributed by atoms with van der Waals surface area (Å²) in [6, 6.07) is 1.86. The minimum absolute atomic E-state index is 0.426. The molecule has 1 saturated carbocycles. The molecule has 1 fully saturated rings. The van der Waals surface area contributed by atoms with E-state index < -0.39 is 11.7 Å². The minimum atomic E-state index is -0.505. The van der Waals surface area contributed by atoms with Crippen LogP contribution in [0.5, 0.6) is 0 Å². The first-order valence-corrected chi connectivity index (χ1v) is 11.0. The maximum absolute atomic E-state index is 11.7. The van der Waals surface area contributed by atoms with Crippen LogP contribution < -0.4 is 16.0 Å². The van der Waals surface area contributed by atoms with Gasteiger partial charge in [-0.3, -0.25) is 0 Å². The SMILES string of the molecule is CCc1nc(NCCNC(=O)OC(C)(C)C)cc(Nc2ncc(C3CCC3)s2)n1. The summed E-state index contributed by atoms with van der Waals surface area (Å²) in [7, 11) is 0. The molecule has 1 aliphatic carbocycles. The maximum atomic E-state index is 11.7. The average Bonchev–Trinajstić information content (AvgIpc) is 3.03. The number of aryl methyl sites for hydroxylation is 1. The van der Waals surface area contributed by atoms with Crippen LogP contribution in [0.2, 0.25) is 0 Å². The third-order valence-electron chi connectivity index (χ3n) is 4.45. The van der Waals surface area contributed by atoms with Crippen LogP contribution in [0, 0.1) is 0 Å². The number of hydrogen-bond acceptors (Lipinski definition) is 8. The molecule has 0 bridgehead atoms. The van der Waals surface area contributed by atoms with Crippen LogP contribution in [0.4, 0.5) is 21.6 Å². The van der Waals surface area contributed by atoms with E-state index in [-0.39, 0.29) is 0 Å². The van der Waals surface area contributed by atoms with E-state index in [1.54, 1.807) is 11.3 Å². The van der Waals surface area contributed by atoms with Crippen LogP contribution in [0.15, 0.2) is 12.3 Å². The number of carbonyl (C=O) groups is 1. The number of nitrogens with one attached hydrogen (secondary N) is 3. The second-order valence-corrected chi connectivity index (χ2v) is 9.15. The van der Waals surface area contributed by atoms with Crippen LogP contribution in [-0.4, -0.2) is 39.7 Å². The molecule has 0 aromatic carbocycles. The molecule has 8 nitrogen and oxygen atoms in total. The van der Waals surface area contributed by atoms with Crippen molar-refractivity contribution in [1.82, 2.24) is 20.3 Å². The third-order valence-corrected chi connectivity index (χ3v) is 5.53. The van der Waals surface area contributed by atoms with E-state index in [9.17, 15) is 4.79 Å². The van der Waals surface area contributed by atoms with Crippen LogP contribution in [0.25, 0.3) is 0 Å². The summed E-state index contributed by atoms with van der Waals surface area (Å²) in [6.45, 7) is 8.49. The zero-order valence-corrected chi connectivity index (χ0v) is 18.4. The zero-order valence-electron chi connectivity index (χ0n) is 17.5. The van der Waals surface area contributed by atoms with E-state index in [0.29, 0.717) is 30.6 Å². The van der Waals surface area contributed by atoms with E-state index in [0.717, 1.165) is 17.4 Å². The lowest BCUT2D eigenvalue weighted by Gasteiger charge is -2.23. The van der Waals surface area contributed by atoms with E-state index in [1.807, 2.05) is 40.0 Å². The Balaban J connectivity index is 1.54. The Kier molecular flexibility index (Phi) is 6.89. The maximum Gasteiger partial charge on any atom is 0.407 e. The van der Waals surface area contributed by atoms with E-state index in [4.69, 9.17) is 4.74 Å². The summed E-state index contributed by atoms with van der Waals surface area (Å²) in [5, 5.41) is 10.1. The Hall–Kier alpha value is -2.42. The zero-order chi connectivity index (χ0) is 20.9. The lowest BCUT2D eigenvalue weighted by molar-refractivity contribution is 0.0530. The number of nitrogens with zero attached hydrogens (tertiary/aromatic N) is 3. The Morgan fingerprint density at radius 2 is 2.00 bits per heavy atom. The van der Waals surface area contributed by atoms with Crippen molar-refractivity contribution in [2.24, 2.45) is 0 Å². The van der Waals surface area contributed by atoms with E-state index in [2.05, 4.69) is 30.9 Å². The molecule has 0 atom stereocenters. The molecule has 0 aliphatic heterocycles. The van der Waals surface area contributed by atoms with Gasteiger partial charge in [0.15, 0.2) is 5.13 Å². The first-order chi connectivity index (χ1) is 13.8. The summed E-state index contributed by atoms with van der Waals surface area (Å²) < 4.78 is 5.22. The number of hydrogen-bond donors (Lipinski definition) is 3. The molecule has 2 aromatic heterocycles. The highest BCUT2D eigenvalue weighted by Crippen LogP contribution is 2.40. The van der Waals surface area contributed by atoms with Gasteiger partial charge in [-0.25, -0.2) is 19.7 Å². The molecule has 2 heterocycles. The van der Waals surface area contributed by atoms with Gasteiger partial charge in [-0.2, -0.15) is 0 Å². The van der Waals surface area contributed by atoms with Gasteiger partial charge in [-0.05, 0) is 39.5 Å². The Bertz CT molecular complexity index is 829. The number of amides is 1. The highest BCUT2D eigenvalue weighted by Gasteiger charge is 2.22. The largest absolute Gasteiger partial charge is 0.444 e. The first-order valence-electron chi connectivity index (χ1n) is 10.1. The van der Waals surface area contributed by atoms with Crippen molar-refractivity contribution < 1.29 is 9.53 Å². The second-order valence-electron chi connectivity index (χ2n) is 8.08. The summed E-state index contributed by atoms with van der Waals surface area (Å²) in [6.07, 6.45) is 6.12. The number of alkyl carbamates (subject to hydrolysis) is 1. The molecule has 158 valence electrons. The van der Waals surface area contributed by atoms with Crippen molar-refractivity contribution in [3.8, 4) is 0 Å². The molecule has 1 aliphatic rings. The third kappa shape index (κ3) is 6.56.